The molecule has 0 atom stereocenters. The number of nitrogens with one attached hydrogen (secondary N) is 1. The van der Waals surface area contributed by atoms with E-state index in [-0.39, 0.29) is 0 Å². The Morgan fingerprint density at radius 2 is 2.05 bits per heavy atom. The van der Waals surface area contributed by atoms with Gasteiger partial charge in [-0.05, 0) is 37.1 Å². The van der Waals surface area contributed by atoms with Crippen LogP contribution in [0.5, 0.6) is 0 Å². The summed E-state index contributed by atoms with van der Waals surface area (Å²) < 4.78 is 0. The third kappa shape index (κ3) is 2.40. The first-order chi connectivity index (χ1) is 9.26. The molecule has 1 aliphatic carbocycles. The first-order valence-electron chi connectivity index (χ1n) is 6.18. The van der Waals surface area contributed by atoms with Crippen LogP contribution in [0.2, 0.25) is 5.02 Å². The van der Waals surface area contributed by atoms with Crippen molar-refractivity contribution in [3.05, 3.63) is 47.0 Å². The molecule has 0 amide bonds. The van der Waals surface area contributed by atoms with Gasteiger partial charge in [-0.2, -0.15) is 5.26 Å². The number of benzene rings is 1. The summed E-state index contributed by atoms with van der Waals surface area (Å²) in [6, 6.07) is 9.79. The summed E-state index contributed by atoms with van der Waals surface area (Å²) in [5.41, 5.74) is 1.39. The molecule has 1 heterocycles. The fraction of sp³-hybridized carbons (Fsp3) is 0.200. The van der Waals surface area contributed by atoms with E-state index < -0.39 is 0 Å². The number of hydrogen-bond acceptors (Lipinski definition) is 3. The molecule has 1 aliphatic rings. The highest BCUT2D eigenvalue weighted by atomic mass is 35.5. The fourth-order valence-electron chi connectivity index (χ4n) is 2.31. The number of nitrogens with zero attached hydrogens (tertiary/aromatic N) is 2. The summed E-state index contributed by atoms with van der Waals surface area (Å²) in [4.78, 5) is 4.54. The smallest absolute Gasteiger partial charge is 0.128 e. The van der Waals surface area contributed by atoms with Gasteiger partial charge in [0.05, 0.1) is 17.1 Å². The van der Waals surface area contributed by atoms with Crippen LogP contribution in [0.1, 0.15) is 18.4 Å². The molecule has 0 fully saturated rings. The van der Waals surface area contributed by atoms with Crippen molar-refractivity contribution in [2.45, 2.75) is 18.9 Å². The Balaban J connectivity index is 2.02. The van der Waals surface area contributed by atoms with E-state index in [1.807, 2.05) is 6.07 Å². The number of pyridine rings is 1. The maximum absolute atomic E-state index is 9.25. The van der Waals surface area contributed by atoms with Crippen molar-refractivity contribution in [2.24, 2.45) is 0 Å². The van der Waals surface area contributed by atoms with Gasteiger partial charge in [0, 0.05) is 16.5 Å². The highest BCUT2D eigenvalue weighted by molar-refractivity contribution is 6.31. The minimum atomic E-state index is 0.379. The Labute approximate surface area is 116 Å². The third-order valence-electron chi connectivity index (χ3n) is 3.25. The molecule has 0 radical (unpaired) electrons. The van der Waals surface area contributed by atoms with Crippen molar-refractivity contribution in [1.82, 2.24) is 4.98 Å². The topological polar surface area (TPSA) is 48.7 Å². The quantitative estimate of drug-likeness (QED) is 0.842. The molecule has 3 nitrogen and oxygen atoms in total. The van der Waals surface area contributed by atoms with E-state index in [1.54, 1.807) is 18.2 Å². The lowest BCUT2D eigenvalue weighted by Gasteiger charge is -2.13. The van der Waals surface area contributed by atoms with Gasteiger partial charge in [0.1, 0.15) is 5.82 Å². The van der Waals surface area contributed by atoms with Gasteiger partial charge in [0.15, 0.2) is 0 Å². The molecule has 4 heteroatoms. The largest absolute Gasteiger partial charge is 0.367 e. The highest BCUT2D eigenvalue weighted by Crippen LogP contribution is 2.25. The van der Waals surface area contributed by atoms with Crippen LogP contribution in [0, 0.1) is 11.3 Å². The van der Waals surface area contributed by atoms with Gasteiger partial charge in [-0.25, -0.2) is 4.98 Å². The molecule has 94 valence electrons. The van der Waals surface area contributed by atoms with Crippen molar-refractivity contribution in [3.8, 4) is 6.07 Å². The average Bonchev–Trinajstić information content (AvgIpc) is 2.91. The zero-order valence-corrected chi connectivity index (χ0v) is 11.0. The van der Waals surface area contributed by atoms with Crippen molar-refractivity contribution in [2.75, 3.05) is 5.32 Å². The molecule has 2 aromatic rings. The zero-order valence-electron chi connectivity index (χ0n) is 10.2. The van der Waals surface area contributed by atoms with Gasteiger partial charge in [-0.1, -0.05) is 23.8 Å². The Morgan fingerprint density at radius 3 is 2.79 bits per heavy atom. The molecule has 1 aromatic heterocycles. The molecule has 0 saturated carbocycles. The Hall–Kier alpha value is -2.05. The molecule has 1 aromatic carbocycles. The first-order valence-corrected chi connectivity index (χ1v) is 6.56. The number of aromatic nitrogens is 1. The van der Waals surface area contributed by atoms with Gasteiger partial charge >= 0.3 is 0 Å². The first kappa shape index (κ1) is 12.0. The van der Waals surface area contributed by atoms with Gasteiger partial charge in [-0.15, -0.1) is 0 Å². The SMILES string of the molecule is N#Cc1cc(NC2CC=CC2)nc2ccc(Cl)cc12. The lowest BCUT2D eigenvalue weighted by Crippen LogP contribution is -2.16. The normalized spacial score (nSPS) is 14.7. The van der Waals surface area contributed by atoms with Gasteiger partial charge in [0.2, 0.25) is 0 Å². The Bertz CT molecular complexity index is 692. The van der Waals surface area contributed by atoms with Gasteiger partial charge in [-0.3, -0.25) is 0 Å². The van der Waals surface area contributed by atoms with E-state index in [2.05, 4.69) is 28.5 Å². The molecular formula is C15H12ClN3. The summed E-state index contributed by atoms with van der Waals surface area (Å²) >= 11 is 5.96. The average molecular weight is 270 g/mol. The van der Waals surface area contributed by atoms with Gasteiger partial charge < -0.3 is 5.32 Å². The molecule has 3 rings (SSSR count). The van der Waals surface area contributed by atoms with E-state index in [1.165, 1.54) is 0 Å². The number of anilines is 1. The summed E-state index contributed by atoms with van der Waals surface area (Å²) in [5, 5.41) is 14.0. The second kappa shape index (κ2) is 4.91. The molecule has 1 N–H and O–H groups in total. The van der Waals surface area contributed by atoms with Crippen LogP contribution in [0.25, 0.3) is 10.9 Å². The van der Waals surface area contributed by atoms with Crippen molar-refractivity contribution < 1.29 is 0 Å². The van der Waals surface area contributed by atoms with Crippen LogP contribution in [-0.4, -0.2) is 11.0 Å². The van der Waals surface area contributed by atoms with E-state index >= 15 is 0 Å². The zero-order chi connectivity index (χ0) is 13.2. The predicted octanol–water partition coefficient (Wildman–Crippen LogP) is 3.89. The monoisotopic (exact) mass is 269 g/mol. The van der Waals surface area contributed by atoms with E-state index in [4.69, 9.17) is 11.6 Å². The van der Waals surface area contributed by atoms with Crippen molar-refractivity contribution >= 4 is 28.3 Å². The minimum Gasteiger partial charge on any atom is -0.367 e. The Morgan fingerprint density at radius 1 is 1.26 bits per heavy atom. The molecule has 0 bridgehead atoms. The minimum absolute atomic E-state index is 0.379. The maximum atomic E-state index is 9.25. The van der Waals surface area contributed by atoms with Crippen LogP contribution in [0.4, 0.5) is 5.82 Å². The molecule has 0 saturated heterocycles. The number of hydrogen-bond donors (Lipinski definition) is 1. The molecule has 0 spiro atoms. The second-order valence-electron chi connectivity index (χ2n) is 4.61. The van der Waals surface area contributed by atoms with E-state index in [0.717, 1.165) is 29.6 Å². The maximum Gasteiger partial charge on any atom is 0.128 e. The van der Waals surface area contributed by atoms with Crippen LogP contribution in [0.3, 0.4) is 0 Å². The standard InChI is InChI=1S/C15H12ClN3/c16-11-5-6-14-13(8-11)10(9-17)7-15(19-14)18-12-3-1-2-4-12/h1-2,5-8,12H,3-4H2,(H,18,19). The summed E-state index contributed by atoms with van der Waals surface area (Å²) in [7, 11) is 0. The van der Waals surface area contributed by atoms with Crippen molar-refractivity contribution in [1.29, 1.82) is 5.26 Å². The highest BCUT2D eigenvalue weighted by Gasteiger charge is 2.12. The van der Waals surface area contributed by atoms with E-state index in [0.29, 0.717) is 16.6 Å². The van der Waals surface area contributed by atoms with Crippen LogP contribution in [0.15, 0.2) is 36.4 Å². The third-order valence-corrected chi connectivity index (χ3v) is 3.49. The second-order valence-corrected chi connectivity index (χ2v) is 5.05. The lowest BCUT2D eigenvalue weighted by atomic mass is 10.1. The molecule has 19 heavy (non-hydrogen) atoms. The molecule has 0 aliphatic heterocycles. The van der Waals surface area contributed by atoms with Crippen LogP contribution in [-0.2, 0) is 0 Å². The van der Waals surface area contributed by atoms with Gasteiger partial charge in [0.25, 0.3) is 0 Å². The fourth-order valence-corrected chi connectivity index (χ4v) is 2.48. The number of halogens is 1. The van der Waals surface area contributed by atoms with Crippen molar-refractivity contribution in [3.63, 3.8) is 0 Å². The summed E-state index contributed by atoms with van der Waals surface area (Å²) in [6.45, 7) is 0. The summed E-state index contributed by atoms with van der Waals surface area (Å²) in [6.07, 6.45) is 6.32. The molecular weight excluding hydrogens is 258 g/mol. The number of fused-ring (bicyclic) bond motifs is 1. The Kier molecular flexibility index (Phi) is 3.10. The predicted molar refractivity (Wildman–Crippen MR) is 77.3 cm³/mol. The lowest BCUT2D eigenvalue weighted by molar-refractivity contribution is 0.782. The van der Waals surface area contributed by atoms with Crippen LogP contribution >= 0.6 is 11.6 Å². The van der Waals surface area contributed by atoms with E-state index in [9.17, 15) is 5.26 Å². The number of nitriles is 1. The summed E-state index contributed by atoms with van der Waals surface area (Å²) in [5.74, 6) is 0.750. The van der Waals surface area contributed by atoms with Crippen LogP contribution < -0.4 is 5.32 Å². The number of rotatable bonds is 2. The molecule has 0 unspecified atom stereocenters.